The van der Waals surface area contributed by atoms with Crippen molar-refractivity contribution in [3.63, 3.8) is 0 Å². The number of halogens is 1. The van der Waals surface area contributed by atoms with Gasteiger partial charge < -0.3 is 14.2 Å². The van der Waals surface area contributed by atoms with Gasteiger partial charge in [-0.2, -0.15) is 0 Å². The summed E-state index contributed by atoms with van der Waals surface area (Å²) < 4.78 is 50.5. The van der Waals surface area contributed by atoms with Crippen LogP contribution in [-0.4, -0.2) is 44.6 Å². The third-order valence-corrected chi connectivity index (χ3v) is 5.62. The van der Waals surface area contributed by atoms with Crippen molar-refractivity contribution in [3.05, 3.63) is 41.0 Å². The lowest BCUT2D eigenvalue weighted by atomic mass is 10.2. The third kappa shape index (κ3) is 4.83. The van der Waals surface area contributed by atoms with Gasteiger partial charge in [0, 0.05) is 13.1 Å². The second-order valence-electron chi connectivity index (χ2n) is 5.85. The number of sulfonamides is 1. The van der Waals surface area contributed by atoms with E-state index in [-0.39, 0.29) is 28.6 Å². The molecule has 1 aromatic carbocycles. The van der Waals surface area contributed by atoms with Gasteiger partial charge in [-0.25, -0.2) is 17.5 Å². The quantitative estimate of drug-likeness (QED) is 0.726. The van der Waals surface area contributed by atoms with E-state index in [1.165, 1.54) is 38.0 Å². The number of nitrogens with zero attached hydrogens (tertiary/aromatic N) is 2. The van der Waals surface area contributed by atoms with Crippen LogP contribution in [0.2, 0.25) is 0 Å². The van der Waals surface area contributed by atoms with Crippen LogP contribution in [0.3, 0.4) is 0 Å². The molecule has 0 atom stereocenters. The molecule has 0 aliphatic heterocycles. The summed E-state index contributed by atoms with van der Waals surface area (Å²) in [6.07, 6.45) is 0. The van der Waals surface area contributed by atoms with Crippen LogP contribution in [0, 0.1) is 19.7 Å². The monoisotopic (exact) mass is 399 g/mol. The molecule has 2 aromatic rings. The summed E-state index contributed by atoms with van der Waals surface area (Å²) in [6.45, 7) is 4.78. The number of methoxy groups -OCH3 is 1. The van der Waals surface area contributed by atoms with Crippen molar-refractivity contribution in [2.45, 2.75) is 32.2 Å². The normalized spacial score (nSPS) is 11.4. The van der Waals surface area contributed by atoms with Gasteiger partial charge in [-0.05, 0) is 38.5 Å². The van der Waals surface area contributed by atoms with Gasteiger partial charge in [0.25, 0.3) is 0 Å². The maximum atomic E-state index is 13.8. The molecule has 10 heteroatoms. The molecule has 0 saturated carbocycles. The highest BCUT2D eigenvalue weighted by atomic mass is 32.2. The number of benzene rings is 1. The number of likely N-dealkylation sites (N-methyl/N-ethyl adjacent to an activating group) is 1. The highest BCUT2D eigenvalue weighted by Crippen LogP contribution is 2.20. The van der Waals surface area contributed by atoms with Gasteiger partial charge in [0.05, 0.1) is 13.7 Å². The van der Waals surface area contributed by atoms with Crippen LogP contribution in [0.15, 0.2) is 27.6 Å². The van der Waals surface area contributed by atoms with E-state index in [1.54, 1.807) is 13.0 Å². The van der Waals surface area contributed by atoms with Crippen molar-refractivity contribution in [2.24, 2.45) is 0 Å². The Hall–Kier alpha value is -2.46. The summed E-state index contributed by atoms with van der Waals surface area (Å²) in [6, 6.07) is 4.40. The average molecular weight is 399 g/mol. The Morgan fingerprint density at radius 2 is 2.07 bits per heavy atom. The van der Waals surface area contributed by atoms with E-state index in [0.717, 1.165) is 0 Å². The number of amides is 1. The van der Waals surface area contributed by atoms with Crippen LogP contribution >= 0.6 is 0 Å². The van der Waals surface area contributed by atoms with E-state index in [2.05, 4.69) is 9.88 Å². The number of carbonyl (C=O) groups is 1. The smallest absolute Gasteiger partial charge is 0.246 e. The Kier molecular flexibility index (Phi) is 6.55. The molecule has 1 N–H and O–H groups in total. The second-order valence-corrected chi connectivity index (χ2v) is 7.56. The molecule has 0 aliphatic rings. The van der Waals surface area contributed by atoms with Crippen molar-refractivity contribution in [2.75, 3.05) is 20.2 Å². The molecule has 1 amide bonds. The van der Waals surface area contributed by atoms with Gasteiger partial charge in [-0.15, -0.1) is 0 Å². The van der Waals surface area contributed by atoms with Crippen LogP contribution in [-0.2, 0) is 21.4 Å². The Bertz CT molecular complexity index is 907. The van der Waals surface area contributed by atoms with Crippen LogP contribution in [0.1, 0.15) is 23.9 Å². The average Bonchev–Trinajstić information content (AvgIpc) is 2.97. The fraction of sp³-hybridized carbons (Fsp3) is 0.412. The molecule has 0 aliphatic carbocycles. The number of ether oxygens (including phenoxy) is 1. The summed E-state index contributed by atoms with van der Waals surface area (Å²) in [5.41, 5.74) is 0.783. The number of aryl methyl sites for hydroxylation is 2. The van der Waals surface area contributed by atoms with Gasteiger partial charge in [0.15, 0.2) is 17.3 Å². The lowest BCUT2D eigenvalue weighted by Gasteiger charge is -2.21. The number of rotatable bonds is 8. The molecule has 0 saturated heterocycles. The molecular formula is C17H22FN3O5S. The number of carbonyl (C=O) groups excluding carboxylic acids is 1. The molecule has 148 valence electrons. The Labute approximate surface area is 157 Å². The zero-order chi connectivity index (χ0) is 20.2. The van der Waals surface area contributed by atoms with Gasteiger partial charge in [-0.3, -0.25) is 4.79 Å². The standard InChI is InChI=1S/C17H22FN3O5S/c1-5-21(10-13-6-7-15(25-4)14(18)8-13)16(22)9-19-27(23,24)17-11(2)20-26-12(17)3/h6-8,19H,5,9-10H2,1-4H3. The van der Waals surface area contributed by atoms with E-state index in [4.69, 9.17) is 9.26 Å². The summed E-state index contributed by atoms with van der Waals surface area (Å²) in [5.74, 6) is -0.712. The molecule has 0 unspecified atom stereocenters. The number of nitrogens with one attached hydrogen (secondary N) is 1. The van der Waals surface area contributed by atoms with Crippen LogP contribution in [0.4, 0.5) is 4.39 Å². The minimum atomic E-state index is -3.93. The summed E-state index contributed by atoms with van der Waals surface area (Å²) in [4.78, 5) is 13.8. The predicted octanol–water partition coefficient (Wildman–Crippen LogP) is 1.77. The van der Waals surface area contributed by atoms with Crippen molar-refractivity contribution in [3.8, 4) is 5.75 Å². The number of hydrogen-bond acceptors (Lipinski definition) is 6. The molecule has 27 heavy (non-hydrogen) atoms. The van der Waals surface area contributed by atoms with E-state index in [9.17, 15) is 17.6 Å². The minimum absolute atomic E-state index is 0.0735. The van der Waals surface area contributed by atoms with Gasteiger partial charge in [0.2, 0.25) is 15.9 Å². The van der Waals surface area contributed by atoms with Gasteiger partial charge in [0.1, 0.15) is 10.6 Å². The molecule has 8 nitrogen and oxygen atoms in total. The van der Waals surface area contributed by atoms with Crippen molar-refractivity contribution in [1.29, 1.82) is 0 Å². The first-order chi connectivity index (χ1) is 12.7. The zero-order valence-corrected chi connectivity index (χ0v) is 16.4. The highest BCUT2D eigenvalue weighted by Gasteiger charge is 2.25. The molecule has 2 rings (SSSR count). The summed E-state index contributed by atoms with van der Waals surface area (Å²) in [7, 11) is -2.57. The molecule has 1 aromatic heterocycles. The lowest BCUT2D eigenvalue weighted by Crippen LogP contribution is -2.40. The maximum Gasteiger partial charge on any atom is 0.246 e. The minimum Gasteiger partial charge on any atom is -0.494 e. The summed E-state index contributed by atoms with van der Waals surface area (Å²) >= 11 is 0. The molecule has 0 fully saturated rings. The first kappa shape index (κ1) is 20.8. The van der Waals surface area contributed by atoms with E-state index in [0.29, 0.717) is 12.1 Å². The lowest BCUT2D eigenvalue weighted by molar-refractivity contribution is -0.130. The molecule has 1 heterocycles. The Morgan fingerprint density at radius 3 is 2.59 bits per heavy atom. The van der Waals surface area contributed by atoms with Crippen molar-refractivity contribution >= 4 is 15.9 Å². The summed E-state index contributed by atoms with van der Waals surface area (Å²) in [5, 5.41) is 3.60. The molecule has 0 bridgehead atoms. The Morgan fingerprint density at radius 1 is 1.37 bits per heavy atom. The predicted molar refractivity (Wildman–Crippen MR) is 95.2 cm³/mol. The second kappa shape index (κ2) is 8.49. The van der Waals surface area contributed by atoms with E-state index < -0.39 is 28.3 Å². The topological polar surface area (TPSA) is 102 Å². The molecule has 0 radical (unpaired) electrons. The zero-order valence-electron chi connectivity index (χ0n) is 15.6. The van der Waals surface area contributed by atoms with Crippen molar-refractivity contribution < 1.29 is 26.9 Å². The fourth-order valence-corrected chi connectivity index (χ4v) is 3.90. The fourth-order valence-electron chi connectivity index (χ4n) is 2.60. The highest BCUT2D eigenvalue weighted by molar-refractivity contribution is 7.89. The largest absolute Gasteiger partial charge is 0.494 e. The van der Waals surface area contributed by atoms with Gasteiger partial charge in [-0.1, -0.05) is 11.2 Å². The molecule has 0 spiro atoms. The molecular weight excluding hydrogens is 377 g/mol. The van der Waals surface area contributed by atoms with Crippen LogP contribution in [0.25, 0.3) is 0 Å². The SMILES string of the molecule is CCN(Cc1ccc(OC)c(F)c1)C(=O)CNS(=O)(=O)c1c(C)noc1C. The number of aromatic nitrogens is 1. The van der Waals surface area contributed by atoms with Crippen molar-refractivity contribution in [1.82, 2.24) is 14.8 Å². The van der Waals surface area contributed by atoms with Crippen LogP contribution in [0.5, 0.6) is 5.75 Å². The maximum absolute atomic E-state index is 13.8. The van der Waals surface area contributed by atoms with Crippen LogP contribution < -0.4 is 9.46 Å². The number of hydrogen-bond donors (Lipinski definition) is 1. The first-order valence-corrected chi connectivity index (χ1v) is 9.70. The van der Waals surface area contributed by atoms with Gasteiger partial charge >= 0.3 is 0 Å². The first-order valence-electron chi connectivity index (χ1n) is 8.22. The Balaban J connectivity index is 2.06. The third-order valence-electron chi connectivity index (χ3n) is 3.97. The van der Waals surface area contributed by atoms with E-state index in [1.807, 2.05) is 0 Å². The van der Waals surface area contributed by atoms with E-state index >= 15 is 0 Å².